The molecule has 1 N–H and O–H groups in total. The van der Waals surface area contributed by atoms with E-state index in [-0.39, 0.29) is 23.8 Å². The Hall–Kier alpha value is -1.59. The second-order valence-electron chi connectivity index (χ2n) is 6.08. The molecule has 0 aliphatic carbocycles. The Balaban J connectivity index is 1.77. The molecule has 0 spiro atoms. The summed E-state index contributed by atoms with van der Waals surface area (Å²) in [6.07, 6.45) is 1.49. The maximum atomic E-state index is 12.3. The third kappa shape index (κ3) is 5.21. The molecule has 24 heavy (non-hydrogen) atoms. The van der Waals surface area contributed by atoms with Crippen molar-refractivity contribution in [2.45, 2.75) is 39.3 Å². The fourth-order valence-corrected chi connectivity index (χ4v) is 3.01. The minimum atomic E-state index is -0.208. The SMILES string of the molecule is CCOC(=O)C1CCN(C(C)C(=O)NCc2ccc(Cl)cc2)CC1. The van der Waals surface area contributed by atoms with Crippen LogP contribution in [0.2, 0.25) is 5.02 Å². The molecule has 6 heteroatoms. The van der Waals surface area contributed by atoms with Gasteiger partial charge in [0, 0.05) is 11.6 Å². The quantitative estimate of drug-likeness (QED) is 0.799. The lowest BCUT2D eigenvalue weighted by Crippen LogP contribution is -2.48. The minimum Gasteiger partial charge on any atom is -0.466 e. The summed E-state index contributed by atoms with van der Waals surface area (Å²) in [6.45, 7) is 6.10. The number of halogens is 1. The zero-order valence-electron chi connectivity index (χ0n) is 14.3. The molecule has 1 heterocycles. The number of hydrogen-bond donors (Lipinski definition) is 1. The Bertz CT molecular complexity index is 554. The number of rotatable bonds is 6. The predicted octanol–water partition coefficient (Wildman–Crippen LogP) is 2.62. The van der Waals surface area contributed by atoms with Gasteiger partial charge in [-0.15, -0.1) is 0 Å². The Morgan fingerprint density at radius 3 is 2.50 bits per heavy atom. The van der Waals surface area contributed by atoms with Crippen LogP contribution >= 0.6 is 11.6 Å². The van der Waals surface area contributed by atoms with Crippen LogP contribution in [0.15, 0.2) is 24.3 Å². The molecule has 1 aliphatic rings. The Labute approximate surface area is 148 Å². The molecule has 1 atom stereocenters. The van der Waals surface area contributed by atoms with Crippen LogP contribution in [-0.2, 0) is 20.9 Å². The number of nitrogens with one attached hydrogen (secondary N) is 1. The second-order valence-corrected chi connectivity index (χ2v) is 6.52. The molecule has 0 aromatic heterocycles. The number of carbonyl (C=O) groups is 2. The Kier molecular flexibility index (Phi) is 7.06. The van der Waals surface area contributed by atoms with Crippen LogP contribution in [0.3, 0.4) is 0 Å². The maximum Gasteiger partial charge on any atom is 0.309 e. The summed E-state index contributed by atoms with van der Waals surface area (Å²) in [5.74, 6) is -0.151. The molecule has 1 amide bonds. The van der Waals surface area contributed by atoms with Gasteiger partial charge in [0.25, 0.3) is 0 Å². The summed E-state index contributed by atoms with van der Waals surface area (Å²) < 4.78 is 5.07. The first-order valence-corrected chi connectivity index (χ1v) is 8.82. The molecule has 1 unspecified atom stereocenters. The number of benzene rings is 1. The smallest absolute Gasteiger partial charge is 0.309 e. The summed E-state index contributed by atoms with van der Waals surface area (Å²) in [4.78, 5) is 26.2. The van der Waals surface area contributed by atoms with Gasteiger partial charge in [-0.1, -0.05) is 23.7 Å². The number of carbonyl (C=O) groups excluding carboxylic acids is 2. The van der Waals surface area contributed by atoms with E-state index in [2.05, 4.69) is 10.2 Å². The van der Waals surface area contributed by atoms with Crippen LogP contribution in [0.1, 0.15) is 32.3 Å². The van der Waals surface area contributed by atoms with Crippen molar-refractivity contribution >= 4 is 23.5 Å². The predicted molar refractivity (Wildman–Crippen MR) is 93.7 cm³/mol. The van der Waals surface area contributed by atoms with Crippen molar-refractivity contribution in [3.05, 3.63) is 34.9 Å². The van der Waals surface area contributed by atoms with E-state index in [1.54, 1.807) is 0 Å². The van der Waals surface area contributed by atoms with Crippen molar-refractivity contribution in [2.75, 3.05) is 19.7 Å². The van der Waals surface area contributed by atoms with E-state index in [9.17, 15) is 9.59 Å². The summed E-state index contributed by atoms with van der Waals surface area (Å²) in [5, 5.41) is 3.64. The van der Waals surface area contributed by atoms with Gasteiger partial charge in [0.15, 0.2) is 0 Å². The topological polar surface area (TPSA) is 58.6 Å². The van der Waals surface area contributed by atoms with Gasteiger partial charge in [-0.25, -0.2) is 0 Å². The first-order chi connectivity index (χ1) is 11.5. The number of ether oxygens (including phenoxy) is 1. The second kappa shape index (κ2) is 9.04. The molecule has 0 bridgehead atoms. The van der Waals surface area contributed by atoms with Crippen molar-refractivity contribution < 1.29 is 14.3 Å². The van der Waals surface area contributed by atoms with E-state index in [0.717, 1.165) is 31.5 Å². The zero-order valence-corrected chi connectivity index (χ0v) is 15.0. The van der Waals surface area contributed by atoms with Gasteiger partial charge >= 0.3 is 5.97 Å². The van der Waals surface area contributed by atoms with Crippen LogP contribution < -0.4 is 5.32 Å². The Morgan fingerprint density at radius 1 is 1.29 bits per heavy atom. The monoisotopic (exact) mass is 352 g/mol. The van der Waals surface area contributed by atoms with Crippen molar-refractivity contribution in [1.82, 2.24) is 10.2 Å². The molecule has 1 fully saturated rings. The van der Waals surface area contributed by atoms with Crippen molar-refractivity contribution in [1.29, 1.82) is 0 Å². The summed E-state index contributed by atoms with van der Waals surface area (Å²) >= 11 is 5.85. The van der Waals surface area contributed by atoms with E-state index in [1.165, 1.54) is 0 Å². The molecule has 5 nitrogen and oxygen atoms in total. The minimum absolute atomic E-state index is 0.000431. The highest BCUT2D eigenvalue weighted by Crippen LogP contribution is 2.20. The van der Waals surface area contributed by atoms with Gasteiger partial charge in [-0.2, -0.15) is 0 Å². The van der Waals surface area contributed by atoms with E-state index in [0.29, 0.717) is 18.2 Å². The third-order valence-corrected chi connectivity index (χ3v) is 4.71. The first kappa shape index (κ1) is 18.7. The van der Waals surface area contributed by atoms with Crippen LogP contribution in [-0.4, -0.2) is 42.5 Å². The molecule has 132 valence electrons. The largest absolute Gasteiger partial charge is 0.466 e. The average molecular weight is 353 g/mol. The van der Waals surface area contributed by atoms with E-state index in [4.69, 9.17) is 16.3 Å². The molecule has 1 aliphatic heterocycles. The third-order valence-electron chi connectivity index (χ3n) is 4.46. The van der Waals surface area contributed by atoms with Gasteiger partial charge in [0.2, 0.25) is 5.91 Å². The highest BCUT2D eigenvalue weighted by atomic mass is 35.5. The van der Waals surface area contributed by atoms with Gasteiger partial charge < -0.3 is 10.1 Å². The van der Waals surface area contributed by atoms with Crippen molar-refractivity contribution in [2.24, 2.45) is 5.92 Å². The van der Waals surface area contributed by atoms with E-state index in [1.807, 2.05) is 38.1 Å². The van der Waals surface area contributed by atoms with E-state index < -0.39 is 0 Å². The maximum absolute atomic E-state index is 12.3. The molecule has 0 saturated carbocycles. The molecule has 0 radical (unpaired) electrons. The fraction of sp³-hybridized carbons (Fsp3) is 0.556. The summed E-state index contributed by atoms with van der Waals surface area (Å²) in [5.41, 5.74) is 1.01. The standard InChI is InChI=1S/C18H25ClN2O3/c1-3-24-18(23)15-8-10-21(11-9-15)13(2)17(22)20-12-14-4-6-16(19)7-5-14/h4-7,13,15H,3,8-12H2,1-2H3,(H,20,22). The summed E-state index contributed by atoms with van der Waals surface area (Å²) in [7, 11) is 0. The number of likely N-dealkylation sites (tertiary alicyclic amines) is 1. The fourth-order valence-electron chi connectivity index (χ4n) is 2.89. The molecule has 1 aromatic carbocycles. The number of nitrogens with zero attached hydrogens (tertiary/aromatic N) is 1. The van der Waals surface area contributed by atoms with Crippen LogP contribution in [0.4, 0.5) is 0 Å². The molecular formula is C18H25ClN2O3. The number of esters is 1. The van der Waals surface area contributed by atoms with Crippen LogP contribution in [0, 0.1) is 5.92 Å². The van der Waals surface area contributed by atoms with Gasteiger partial charge in [0.1, 0.15) is 0 Å². The highest BCUT2D eigenvalue weighted by molar-refractivity contribution is 6.30. The number of amides is 1. The van der Waals surface area contributed by atoms with E-state index >= 15 is 0 Å². The normalized spacial score (nSPS) is 17.3. The molecular weight excluding hydrogens is 328 g/mol. The lowest BCUT2D eigenvalue weighted by molar-refractivity contribution is -0.149. The van der Waals surface area contributed by atoms with Crippen molar-refractivity contribution in [3.63, 3.8) is 0 Å². The van der Waals surface area contributed by atoms with Gasteiger partial charge in [-0.05, 0) is 57.5 Å². The number of hydrogen-bond acceptors (Lipinski definition) is 4. The number of piperidine rings is 1. The highest BCUT2D eigenvalue weighted by Gasteiger charge is 2.30. The molecule has 2 rings (SSSR count). The van der Waals surface area contributed by atoms with Crippen LogP contribution in [0.25, 0.3) is 0 Å². The Morgan fingerprint density at radius 2 is 1.92 bits per heavy atom. The zero-order chi connectivity index (χ0) is 17.5. The first-order valence-electron chi connectivity index (χ1n) is 8.44. The average Bonchev–Trinajstić information content (AvgIpc) is 2.60. The summed E-state index contributed by atoms with van der Waals surface area (Å²) in [6, 6.07) is 7.22. The molecule has 1 aromatic rings. The van der Waals surface area contributed by atoms with Gasteiger partial charge in [0.05, 0.1) is 18.6 Å². The molecule has 1 saturated heterocycles. The lowest BCUT2D eigenvalue weighted by atomic mass is 9.96. The van der Waals surface area contributed by atoms with Crippen molar-refractivity contribution in [3.8, 4) is 0 Å². The van der Waals surface area contributed by atoms with Crippen LogP contribution in [0.5, 0.6) is 0 Å². The van der Waals surface area contributed by atoms with Gasteiger partial charge in [-0.3, -0.25) is 14.5 Å². The lowest BCUT2D eigenvalue weighted by Gasteiger charge is -2.34.